The van der Waals surface area contributed by atoms with E-state index in [2.05, 4.69) is 15.9 Å². The van der Waals surface area contributed by atoms with Crippen LogP contribution in [0.2, 0.25) is 0 Å². The van der Waals surface area contributed by atoms with E-state index in [0.29, 0.717) is 0 Å². The molecule has 0 heterocycles. The summed E-state index contributed by atoms with van der Waals surface area (Å²) >= 11 is 3.37. The predicted octanol–water partition coefficient (Wildman–Crippen LogP) is 2.11. The van der Waals surface area contributed by atoms with Gasteiger partial charge in [0.05, 0.1) is 12.5 Å². The summed E-state index contributed by atoms with van der Waals surface area (Å²) in [6.45, 7) is 0. The summed E-state index contributed by atoms with van der Waals surface area (Å²) in [5.41, 5.74) is -0.200. The van der Waals surface area contributed by atoms with Crippen LogP contribution in [0, 0.1) is 5.41 Å². The third kappa shape index (κ3) is 1.58. The molecule has 0 saturated heterocycles. The summed E-state index contributed by atoms with van der Waals surface area (Å²) in [6.07, 6.45) is 4.26. The molecule has 0 aliphatic heterocycles. The van der Waals surface area contributed by atoms with Crippen molar-refractivity contribution < 1.29 is 9.53 Å². The number of carbonyl (C=O) groups excluding carboxylic acids is 1. The van der Waals surface area contributed by atoms with E-state index in [-0.39, 0.29) is 11.4 Å². The molecule has 1 fully saturated rings. The van der Waals surface area contributed by atoms with Crippen LogP contribution in [-0.4, -0.2) is 18.4 Å². The first-order chi connectivity index (χ1) is 5.25. The highest BCUT2D eigenvalue weighted by Crippen LogP contribution is 2.40. The molecule has 1 aliphatic carbocycles. The minimum absolute atomic E-state index is 0.0492. The zero-order valence-corrected chi connectivity index (χ0v) is 8.32. The third-order valence-electron chi connectivity index (χ3n) is 2.43. The Morgan fingerprint density at radius 1 is 1.55 bits per heavy atom. The lowest BCUT2D eigenvalue weighted by molar-refractivity contribution is -0.150. The van der Waals surface area contributed by atoms with Gasteiger partial charge in [-0.2, -0.15) is 0 Å². The molecule has 0 amide bonds. The smallest absolute Gasteiger partial charge is 0.312 e. The van der Waals surface area contributed by atoms with E-state index in [1.54, 1.807) is 0 Å². The van der Waals surface area contributed by atoms with Crippen LogP contribution in [0.25, 0.3) is 0 Å². The number of esters is 1. The standard InChI is InChI=1S/C8H13BrO2/c1-11-7(10)8(6-9)4-2-3-5-8/h2-6H2,1H3. The minimum atomic E-state index is -0.200. The molecule has 1 saturated carbocycles. The fourth-order valence-corrected chi connectivity index (χ4v) is 2.45. The molecule has 1 aliphatic rings. The van der Waals surface area contributed by atoms with Gasteiger partial charge < -0.3 is 4.74 Å². The monoisotopic (exact) mass is 220 g/mol. The molecule has 0 N–H and O–H groups in total. The quantitative estimate of drug-likeness (QED) is 0.527. The van der Waals surface area contributed by atoms with E-state index in [0.717, 1.165) is 31.0 Å². The van der Waals surface area contributed by atoms with Gasteiger partial charge in [-0.25, -0.2) is 0 Å². The molecule has 0 aromatic carbocycles. The first-order valence-corrected chi connectivity index (χ1v) is 5.02. The molecule has 64 valence electrons. The molecular formula is C8H13BrO2. The molecule has 0 unspecified atom stereocenters. The summed E-state index contributed by atoms with van der Waals surface area (Å²) in [5, 5.41) is 0.743. The van der Waals surface area contributed by atoms with Crippen molar-refractivity contribution in [3.8, 4) is 0 Å². The van der Waals surface area contributed by atoms with Gasteiger partial charge in [0.2, 0.25) is 0 Å². The fraction of sp³-hybridized carbons (Fsp3) is 0.875. The SMILES string of the molecule is COC(=O)C1(CBr)CCCC1. The van der Waals surface area contributed by atoms with E-state index >= 15 is 0 Å². The Bertz CT molecular complexity index is 150. The van der Waals surface area contributed by atoms with Crippen LogP contribution in [0.15, 0.2) is 0 Å². The van der Waals surface area contributed by atoms with Crippen LogP contribution in [0.1, 0.15) is 25.7 Å². The minimum Gasteiger partial charge on any atom is -0.469 e. The molecule has 0 bridgehead atoms. The Morgan fingerprint density at radius 3 is 2.45 bits per heavy atom. The molecule has 0 aromatic heterocycles. The maximum absolute atomic E-state index is 11.3. The second-order valence-electron chi connectivity index (χ2n) is 3.11. The van der Waals surface area contributed by atoms with E-state index < -0.39 is 0 Å². The van der Waals surface area contributed by atoms with Crippen molar-refractivity contribution in [3.63, 3.8) is 0 Å². The van der Waals surface area contributed by atoms with E-state index in [1.165, 1.54) is 7.11 Å². The molecule has 0 spiro atoms. The van der Waals surface area contributed by atoms with Crippen molar-refractivity contribution in [3.05, 3.63) is 0 Å². The lowest BCUT2D eigenvalue weighted by Gasteiger charge is -2.22. The van der Waals surface area contributed by atoms with Crippen molar-refractivity contribution in [1.29, 1.82) is 0 Å². The van der Waals surface area contributed by atoms with Crippen LogP contribution < -0.4 is 0 Å². The molecular weight excluding hydrogens is 208 g/mol. The third-order valence-corrected chi connectivity index (χ3v) is 3.51. The van der Waals surface area contributed by atoms with Gasteiger partial charge in [-0.1, -0.05) is 28.8 Å². The number of hydrogen-bond donors (Lipinski definition) is 0. The van der Waals surface area contributed by atoms with Gasteiger partial charge in [0.15, 0.2) is 0 Å². The van der Waals surface area contributed by atoms with E-state index in [1.807, 2.05) is 0 Å². The largest absolute Gasteiger partial charge is 0.469 e. The molecule has 0 atom stereocenters. The lowest BCUT2D eigenvalue weighted by Crippen LogP contribution is -2.30. The summed E-state index contributed by atoms with van der Waals surface area (Å²) in [7, 11) is 1.46. The fourth-order valence-electron chi connectivity index (χ4n) is 1.66. The van der Waals surface area contributed by atoms with Gasteiger partial charge >= 0.3 is 5.97 Å². The van der Waals surface area contributed by atoms with Crippen LogP contribution in [0.3, 0.4) is 0 Å². The number of ether oxygens (including phenoxy) is 1. The van der Waals surface area contributed by atoms with Gasteiger partial charge in [-0.15, -0.1) is 0 Å². The molecule has 3 heteroatoms. The number of halogens is 1. The first kappa shape index (κ1) is 9.04. The second kappa shape index (κ2) is 3.57. The zero-order chi connectivity index (χ0) is 8.32. The van der Waals surface area contributed by atoms with Crippen LogP contribution in [0.5, 0.6) is 0 Å². The highest BCUT2D eigenvalue weighted by atomic mass is 79.9. The van der Waals surface area contributed by atoms with Crippen LogP contribution in [-0.2, 0) is 9.53 Å². The van der Waals surface area contributed by atoms with Gasteiger partial charge in [0.25, 0.3) is 0 Å². The number of rotatable bonds is 2. The van der Waals surface area contributed by atoms with E-state index in [9.17, 15) is 4.79 Å². The summed E-state index contributed by atoms with van der Waals surface area (Å²) in [5.74, 6) is -0.0492. The van der Waals surface area contributed by atoms with Crippen molar-refractivity contribution in [2.45, 2.75) is 25.7 Å². The highest BCUT2D eigenvalue weighted by molar-refractivity contribution is 9.09. The van der Waals surface area contributed by atoms with Crippen molar-refractivity contribution >= 4 is 21.9 Å². The highest BCUT2D eigenvalue weighted by Gasteiger charge is 2.40. The second-order valence-corrected chi connectivity index (χ2v) is 3.67. The number of alkyl halides is 1. The van der Waals surface area contributed by atoms with E-state index in [4.69, 9.17) is 4.74 Å². The topological polar surface area (TPSA) is 26.3 Å². The maximum atomic E-state index is 11.3. The van der Waals surface area contributed by atoms with Gasteiger partial charge in [-0.05, 0) is 12.8 Å². The molecule has 1 rings (SSSR count). The molecule has 2 nitrogen and oxygen atoms in total. The average Bonchev–Trinajstić information content (AvgIpc) is 2.52. The predicted molar refractivity (Wildman–Crippen MR) is 46.7 cm³/mol. The number of carbonyl (C=O) groups is 1. The molecule has 11 heavy (non-hydrogen) atoms. The van der Waals surface area contributed by atoms with Gasteiger partial charge in [0.1, 0.15) is 0 Å². The lowest BCUT2D eigenvalue weighted by atomic mass is 9.89. The van der Waals surface area contributed by atoms with Crippen LogP contribution >= 0.6 is 15.9 Å². The Kier molecular flexibility index (Phi) is 2.93. The van der Waals surface area contributed by atoms with Crippen molar-refractivity contribution in [2.24, 2.45) is 5.41 Å². The molecule has 0 radical (unpaired) electrons. The van der Waals surface area contributed by atoms with Gasteiger partial charge in [-0.3, -0.25) is 4.79 Å². The van der Waals surface area contributed by atoms with Crippen molar-refractivity contribution in [2.75, 3.05) is 12.4 Å². The summed E-state index contributed by atoms with van der Waals surface area (Å²) < 4.78 is 4.76. The Morgan fingerprint density at radius 2 is 2.09 bits per heavy atom. The number of methoxy groups -OCH3 is 1. The normalized spacial score (nSPS) is 21.6. The van der Waals surface area contributed by atoms with Crippen LogP contribution in [0.4, 0.5) is 0 Å². The summed E-state index contributed by atoms with van der Waals surface area (Å²) in [6, 6.07) is 0. The Balaban J connectivity index is 2.66. The maximum Gasteiger partial charge on any atom is 0.312 e. The van der Waals surface area contributed by atoms with Crippen molar-refractivity contribution in [1.82, 2.24) is 0 Å². The Labute approximate surface area is 75.4 Å². The zero-order valence-electron chi connectivity index (χ0n) is 6.73. The average molecular weight is 221 g/mol. The number of hydrogen-bond acceptors (Lipinski definition) is 2. The summed E-state index contributed by atoms with van der Waals surface area (Å²) in [4.78, 5) is 11.3. The Hall–Kier alpha value is -0.0500. The van der Waals surface area contributed by atoms with Gasteiger partial charge in [0, 0.05) is 5.33 Å². The molecule has 0 aromatic rings. The first-order valence-electron chi connectivity index (χ1n) is 3.89.